The number of rotatable bonds is 4. The van der Waals surface area contributed by atoms with Gasteiger partial charge in [0.25, 0.3) is 0 Å². The maximum Gasteiger partial charge on any atom is 0.205 e. The molecule has 1 aromatic carbocycles. The lowest BCUT2D eigenvalue weighted by atomic mass is 10.0. The minimum atomic E-state index is 0.196. The van der Waals surface area contributed by atoms with Gasteiger partial charge < -0.3 is 25.8 Å². The summed E-state index contributed by atoms with van der Waals surface area (Å²) in [6.45, 7) is 1.38. The molecule has 3 aliphatic heterocycles. The normalized spacial score (nSPS) is 20.6. The number of nitrogens with zero attached hydrogens (tertiary/aromatic N) is 5. The minimum absolute atomic E-state index is 0.196. The molecule has 0 bridgehead atoms. The predicted octanol–water partition coefficient (Wildman–Crippen LogP) is 1.86. The third-order valence-electron chi connectivity index (χ3n) is 5.76. The first kappa shape index (κ1) is 19.3. The molecule has 3 aliphatic rings. The van der Waals surface area contributed by atoms with Gasteiger partial charge in [-0.2, -0.15) is 5.10 Å². The van der Waals surface area contributed by atoms with E-state index in [1.165, 1.54) is 0 Å². The van der Waals surface area contributed by atoms with Crippen LogP contribution in [0.2, 0.25) is 0 Å². The lowest BCUT2D eigenvalue weighted by Crippen LogP contribution is -2.45. The zero-order valence-corrected chi connectivity index (χ0v) is 17.5. The second kappa shape index (κ2) is 7.51. The molecule has 1 atom stereocenters. The fraction of sp³-hybridized carbons (Fsp3) is 0.273. The third-order valence-corrected chi connectivity index (χ3v) is 5.76. The molecule has 0 radical (unpaired) electrons. The van der Waals surface area contributed by atoms with E-state index >= 15 is 0 Å². The standard InChI is InChI=1S/C22H25N7O2/c1-27-12-16(11-26-27)14-3-4-18(19(9-14)30-2)29-20-15(10-25-22(29)24)5-7-28(21(20)23)17-6-8-31-13-17/h3-5,7,9-12,17H,6,8,13,23H2,1-2H3,(H2,24,25). The van der Waals surface area contributed by atoms with Crippen molar-refractivity contribution in [2.45, 2.75) is 12.5 Å². The molecule has 4 heterocycles. The zero-order chi connectivity index (χ0) is 21.5. The number of aliphatic imine (C=N–C) groups is 1. The van der Waals surface area contributed by atoms with E-state index in [2.05, 4.69) is 15.0 Å². The Kier molecular flexibility index (Phi) is 4.67. The predicted molar refractivity (Wildman–Crippen MR) is 119 cm³/mol. The van der Waals surface area contributed by atoms with Crippen molar-refractivity contribution in [3.05, 3.63) is 66.2 Å². The second-order valence-corrected chi connectivity index (χ2v) is 7.67. The summed E-state index contributed by atoms with van der Waals surface area (Å²) >= 11 is 0. The highest BCUT2D eigenvalue weighted by Crippen LogP contribution is 2.40. The van der Waals surface area contributed by atoms with Crippen molar-refractivity contribution in [2.75, 3.05) is 25.2 Å². The fourth-order valence-corrected chi connectivity index (χ4v) is 4.16. The van der Waals surface area contributed by atoms with E-state index in [9.17, 15) is 0 Å². The Hall–Kier alpha value is -3.72. The van der Waals surface area contributed by atoms with Crippen LogP contribution in [0.25, 0.3) is 11.1 Å². The average Bonchev–Trinajstić information content (AvgIpc) is 3.46. The number of aryl methyl sites for hydroxylation is 1. The topological polar surface area (TPSA) is 107 Å². The van der Waals surface area contributed by atoms with Gasteiger partial charge in [0, 0.05) is 43.4 Å². The highest BCUT2D eigenvalue weighted by molar-refractivity contribution is 6.02. The lowest BCUT2D eigenvalue weighted by molar-refractivity contribution is 0.175. The average molecular weight is 419 g/mol. The van der Waals surface area contributed by atoms with Crippen LogP contribution in [-0.2, 0) is 11.8 Å². The molecule has 1 unspecified atom stereocenters. The van der Waals surface area contributed by atoms with Crippen molar-refractivity contribution in [3.63, 3.8) is 0 Å². The van der Waals surface area contributed by atoms with E-state index in [1.807, 2.05) is 54.8 Å². The first-order valence-corrected chi connectivity index (χ1v) is 10.1. The molecular formula is C22H25N7O2. The van der Waals surface area contributed by atoms with Gasteiger partial charge in [0.15, 0.2) is 0 Å². The van der Waals surface area contributed by atoms with Crippen LogP contribution < -0.4 is 21.1 Å². The van der Waals surface area contributed by atoms with E-state index < -0.39 is 0 Å². The number of nitrogens with two attached hydrogens (primary N) is 2. The molecule has 1 aromatic heterocycles. The quantitative estimate of drug-likeness (QED) is 0.779. The smallest absolute Gasteiger partial charge is 0.205 e. The van der Waals surface area contributed by atoms with Gasteiger partial charge in [-0.1, -0.05) is 6.07 Å². The molecule has 0 saturated carbocycles. The summed E-state index contributed by atoms with van der Waals surface area (Å²) in [5.74, 6) is 1.60. The summed E-state index contributed by atoms with van der Waals surface area (Å²) in [6.07, 6.45) is 10.4. The maximum atomic E-state index is 6.67. The number of allylic oxidation sites excluding steroid dienone is 1. The van der Waals surface area contributed by atoms with Crippen LogP contribution in [0.3, 0.4) is 0 Å². The summed E-state index contributed by atoms with van der Waals surface area (Å²) in [7, 11) is 3.53. The molecule has 0 aliphatic carbocycles. The Morgan fingerprint density at radius 3 is 2.81 bits per heavy atom. The van der Waals surface area contributed by atoms with E-state index in [1.54, 1.807) is 18.0 Å². The SMILES string of the molecule is COc1cc(-c2cnn(C)c2)ccc1N1C(N)=NC=C2C=CN(C3CCOC3)C(N)=C21. The molecule has 9 nitrogen and oxygen atoms in total. The van der Waals surface area contributed by atoms with Crippen molar-refractivity contribution in [1.29, 1.82) is 0 Å². The monoisotopic (exact) mass is 419 g/mol. The highest BCUT2D eigenvalue weighted by Gasteiger charge is 2.33. The third kappa shape index (κ3) is 3.23. The van der Waals surface area contributed by atoms with Gasteiger partial charge in [-0.05, 0) is 30.2 Å². The molecule has 0 spiro atoms. The molecule has 1 fully saturated rings. The largest absolute Gasteiger partial charge is 0.495 e. The number of methoxy groups -OCH3 is 1. The molecule has 4 N–H and O–H groups in total. The van der Waals surface area contributed by atoms with E-state index in [4.69, 9.17) is 20.9 Å². The Morgan fingerprint density at radius 2 is 2.10 bits per heavy atom. The van der Waals surface area contributed by atoms with E-state index in [0.717, 1.165) is 41.1 Å². The van der Waals surface area contributed by atoms with Crippen molar-refractivity contribution in [3.8, 4) is 16.9 Å². The van der Waals surface area contributed by atoms with Crippen molar-refractivity contribution in [1.82, 2.24) is 14.7 Å². The lowest BCUT2D eigenvalue weighted by Gasteiger charge is -2.38. The zero-order valence-electron chi connectivity index (χ0n) is 17.5. The van der Waals surface area contributed by atoms with E-state index in [0.29, 0.717) is 24.1 Å². The summed E-state index contributed by atoms with van der Waals surface area (Å²) < 4.78 is 13.1. The molecule has 5 rings (SSSR count). The van der Waals surface area contributed by atoms with Crippen LogP contribution in [0.15, 0.2) is 71.2 Å². The molecular weight excluding hydrogens is 394 g/mol. The van der Waals surface area contributed by atoms with Gasteiger partial charge >= 0.3 is 0 Å². The number of benzene rings is 1. The Balaban J connectivity index is 1.59. The second-order valence-electron chi connectivity index (χ2n) is 7.67. The van der Waals surface area contributed by atoms with Gasteiger partial charge in [-0.15, -0.1) is 0 Å². The summed E-state index contributed by atoms with van der Waals surface area (Å²) in [5.41, 5.74) is 17.5. The Morgan fingerprint density at radius 1 is 1.23 bits per heavy atom. The number of fused-ring (bicyclic) bond motifs is 1. The van der Waals surface area contributed by atoms with Crippen LogP contribution in [0, 0.1) is 0 Å². The Labute approximate surface area is 180 Å². The summed E-state index contributed by atoms with van der Waals surface area (Å²) in [5, 5.41) is 4.25. The molecule has 2 aromatic rings. The molecule has 31 heavy (non-hydrogen) atoms. The molecule has 160 valence electrons. The fourth-order valence-electron chi connectivity index (χ4n) is 4.16. The summed E-state index contributed by atoms with van der Waals surface area (Å²) in [4.78, 5) is 8.30. The van der Waals surface area contributed by atoms with Crippen molar-refractivity contribution < 1.29 is 9.47 Å². The van der Waals surface area contributed by atoms with Gasteiger partial charge in [0.05, 0.1) is 37.3 Å². The maximum absolute atomic E-state index is 6.67. The van der Waals surface area contributed by atoms with Gasteiger partial charge in [-0.3, -0.25) is 9.58 Å². The van der Waals surface area contributed by atoms with Crippen LogP contribution in [0.1, 0.15) is 6.42 Å². The van der Waals surface area contributed by atoms with Crippen LogP contribution in [0.5, 0.6) is 5.75 Å². The number of hydrogen-bond donors (Lipinski definition) is 2. The van der Waals surface area contributed by atoms with Crippen LogP contribution >= 0.6 is 0 Å². The van der Waals surface area contributed by atoms with Crippen LogP contribution in [0.4, 0.5) is 5.69 Å². The van der Waals surface area contributed by atoms with Gasteiger partial charge in [-0.25, -0.2) is 4.99 Å². The minimum Gasteiger partial charge on any atom is -0.495 e. The number of ether oxygens (including phenoxy) is 2. The molecule has 0 amide bonds. The van der Waals surface area contributed by atoms with Crippen LogP contribution in [-0.4, -0.2) is 47.0 Å². The Bertz CT molecular complexity index is 1140. The van der Waals surface area contributed by atoms with Crippen molar-refractivity contribution in [2.24, 2.45) is 23.5 Å². The number of aromatic nitrogens is 2. The van der Waals surface area contributed by atoms with E-state index in [-0.39, 0.29) is 6.04 Å². The summed E-state index contributed by atoms with van der Waals surface area (Å²) in [6, 6.07) is 6.14. The van der Waals surface area contributed by atoms with Gasteiger partial charge in [0.1, 0.15) is 11.6 Å². The first-order chi connectivity index (χ1) is 15.1. The molecule has 9 heteroatoms. The number of anilines is 1. The van der Waals surface area contributed by atoms with Gasteiger partial charge in [0.2, 0.25) is 5.96 Å². The first-order valence-electron chi connectivity index (χ1n) is 10.1. The number of hydrogen-bond acceptors (Lipinski definition) is 8. The number of guanidine groups is 1. The van der Waals surface area contributed by atoms with Crippen molar-refractivity contribution >= 4 is 11.6 Å². The molecule has 1 saturated heterocycles. The highest BCUT2D eigenvalue weighted by atomic mass is 16.5.